The molecule has 3 N–H and O–H groups in total. The van der Waals surface area contributed by atoms with Crippen molar-refractivity contribution in [3.8, 4) is 5.75 Å². The third-order valence-electron chi connectivity index (χ3n) is 2.90. The summed E-state index contributed by atoms with van der Waals surface area (Å²) in [4.78, 5) is 13.8. The summed E-state index contributed by atoms with van der Waals surface area (Å²) in [7, 11) is 1.71. The highest BCUT2D eigenvalue weighted by Crippen LogP contribution is 2.17. The van der Waals surface area contributed by atoms with Crippen molar-refractivity contribution in [1.82, 2.24) is 15.1 Å². The molecular weight excluding hydrogens is 288 g/mol. The number of carbonyl (C=O) groups excluding carboxylic acids is 1. The van der Waals surface area contributed by atoms with Crippen molar-refractivity contribution < 1.29 is 9.53 Å². The number of nitrogens with two attached hydrogens (primary N) is 1. The lowest BCUT2D eigenvalue weighted by Gasteiger charge is -2.17. The van der Waals surface area contributed by atoms with E-state index in [1.54, 1.807) is 42.5 Å². The summed E-state index contributed by atoms with van der Waals surface area (Å²) >= 11 is 4.95. The Hall–Kier alpha value is -2.41. The molecule has 0 saturated heterocycles. The van der Waals surface area contributed by atoms with Gasteiger partial charge in [0.15, 0.2) is 6.61 Å². The topological polar surface area (TPSA) is 84.2 Å². The second kappa shape index (κ2) is 6.85. The minimum Gasteiger partial charge on any atom is -0.483 e. The van der Waals surface area contributed by atoms with Crippen molar-refractivity contribution >= 4 is 23.1 Å². The Bertz CT molecular complexity index is 628. The zero-order valence-electron chi connectivity index (χ0n) is 11.6. The second-order valence-corrected chi connectivity index (χ2v) is 4.95. The van der Waals surface area contributed by atoms with Gasteiger partial charge in [-0.05, 0) is 12.1 Å². The molecule has 1 aromatic heterocycles. The van der Waals surface area contributed by atoms with Gasteiger partial charge in [0.2, 0.25) is 0 Å². The number of ether oxygens (including phenoxy) is 1. The number of benzene rings is 1. The van der Waals surface area contributed by atoms with E-state index in [1.807, 2.05) is 6.07 Å². The molecule has 0 saturated carbocycles. The van der Waals surface area contributed by atoms with E-state index in [4.69, 9.17) is 22.7 Å². The molecule has 1 heterocycles. The first-order valence-electron chi connectivity index (χ1n) is 6.31. The number of hydrogen-bond acceptors (Lipinski definition) is 4. The van der Waals surface area contributed by atoms with Crippen LogP contribution in [0.4, 0.5) is 0 Å². The van der Waals surface area contributed by atoms with E-state index >= 15 is 0 Å². The number of aromatic amines is 1. The highest BCUT2D eigenvalue weighted by atomic mass is 32.1. The number of nitrogens with zero attached hydrogens (tertiary/aromatic N) is 2. The van der Waals surface area contributed by atoms with Crippen LogP contribution in [0.15, 0.2) is 36.7 Å². The molecule has 0 aliphatic carbocycles. The van der Waals surface area contributed by atoms with Gasteiger partial charge in [0, 0.05) is 25.4 Å². The van der Waals surface area contributed by atoms with Crippen LogP contribution in [0.1, 0.15) is 11.1 Å². The smallest absolute Gasteiger partial charge is 0.260 e. The van der Waals surface area contributed by atoms with Gasteiger partial charge in [0.05, 0.1) is 11.8 Å². The summed E-state index contributed by atoms with van der Waals surface area (Å²) in [6.07, 6.45) is 3.42. The first-order valence-corrected chi connectivity index (χ1v) is 6.72. The molecule has 0 fully saturated rings. The molecular formula is C14H16N4O2S. The Labute approximate surface area is 127 Å². The minimum atomic E-state index is -0.144. The minimum absolute atomic E-state index is 0.0754. The lowest BCUT2D eigenvalue weighted by Crippen LogP contribution is -2.31. The van der Waals surface area contributed by atoms with Crippen LogP contribution < -0.4 is 10.5 Å². The molecule has 110 valence electrons. The maximum atomic E-state index is 12.0. The summed E-state index contributed by atoms with van der Waals surface area (Å²) in [5.41, 5.74) is 7.17. The molecule has 1 aromatic carbocycles. The zero-order chi connectivity index (χ0) is 15.2. The largest absolute Gasteiger partial charge is 0.483 e. The standard InChI is InChI=1S/C14H16N4O2S/c1-18(8-10-6-16-17-7-10)13(19)9-20-12-5-3-2-4-11(12)14(15)21/h2-7H,8-9H2,1H3,(H2,15,21)(H,16,17). The number of H-pyrrole nitrogens is 1. The van der Waals surface area contributed by atoms with Gasteiger partial charge in [-0.2, -0.15) is 5.10 Å². The SMILES string of the molecule is CN(Cc1cn[nH]c1)C(=O)COc1ccccc1C(N)=S. The van der Waals surface area contributed by atoms with Gasteiger partial charge in [0.25, 0.3) is 5.91 Å². The van der Waals surface area contributed by atoms with E-state index in [2.05, 4.69) is 10.2 Å². The van der Waals surface area contributed by atoms with E-state index in [-0.39, 0.29) is 17.5 Å². The molecule has 6 nitrogen and oxygen atoms in total. The first-order chi connectivity index (χ1) is 10.1. The van der Waals surface area contributed by atoms with Gasteiger partial charge in [-0.1, -0.05) is 24.4 Å². The van der Waals surface area contributed by atoms with Crippen LogP contribution in [-0.2, 0) is 11.3 Å². The predicted molar refractivity (Wildman–Crippen MR) is 82.9 cm³/mol. The fourth-order valence-electron chi connectivity index (χ4n) is 1.77. The van der Waals surface area contributed by atoms with E-state index in [9.17, 15) is 4.79 Å². The van der Waals surface area contributed by atoms with E-state index in [1.165, 1.54) is 0 Å². The maximum absolute atomic E-state index is 12.0. The average Bonchev–Trinajstić information content (AvgIpc) is 2.97. The fourth-order valence-corrected chi connectivity index (χ4v) is 1.94. The Kier molecular flexibility index (Phi) is 4.89. The molecule has 7 heteroatoms. The normalized spacial score (nSPS) is 10.1. The number of thiocarbonyl (C=S) groups is 1. The van der Waals surface area contributed by atoms with E-state index in [0.717, 1.165) is 5.56 Å². The molecule has 0 unspecified atom stereocenters. The van der Waals surface area contributed by atoms with Crippen LogP contribution in [0, 0.1) is 0 Å². The van der Waals surface area contributed by atoms with Crippen molar-refractivity contribution in [1.29, 1.82) is 0 Å². The van der Waals surface area contributed by atoms with E-state index in [0.29, 0.717) is 17.9 Å². The Morgan fingerprint density at radius 2 is 2.24 bits per heavy atom. The molecule has 0 spiro atoms. The molecule has 0 aliphatic heterocycles. The van der Waals surface area contributed by atoms with Gasteiger partial charge in [-0.25, -0.2) is 0 Å². The van der Waals surface area contributed by atoms with Crippen molar-refractivity contribution in [3.05, 3.63) is 47.8 Å². The number of nitrogens with one attached hydrogen (secondary N) is 1. The summed E-state index contributed by atoms with van der Waals surface area (Å²) in [5, 5.41) is 6.54. The van der Waals surface area contributed by atoms with Crippen LogP contribution in [0.2, 0.25) is 0 Å². The van der Waals surface area contributed by atoms with Crippen LogP contribution in [0.25, 0.3) is 0 Å². The fraction of sp³-hybridized carbons (Fsp3) is 0.214. The summed E-state index contributed by atoms with van der Waals surface area (Å²) in [6, 6.07) is 7.11. The summed E-state index contributed by atoms with van der Waals surface area (Å²) in [6.45, 7) is 0.392. The van der Waals surface area contributed by atoms with E-state index < -0.39 is 0 Å². The third-order valence-corrected chi connectivity index (χ3v) is 3.12. The second-order valence-electron chi connectivity index (χ2n) is 4.51. The van der Waals surface area contributed by atoms with Crippen molar-refractivity contribution in [3.63, 3.8) is 0 Å². The zero-order valence-corrected chi connectivity index (χ0v) is 12.4. The first kappa shape index (κ1) is 15.0. The maximum Gasteiger partial charge on any atom is 0.260 e. The van der Waals surface area contributed by atoms with Crippen LogP contribution in [0.5, 0.6) is 5.75 Å². The number of para-hydroxylation sites is 1. The van der Waals surface area contributed by atoms with Gasteiger partial charge in [-0.15, -0.1) is 0 Å². The van der Waals surface area contributed by atoms with Gasteiger partial charge in [0.1, 0.15) is 10.7 Å². The van der Waals surface area contributed by atoms with Crippen LogP contribution >= 0.6 is 12.2 Å². The van der Waals surface area contributed by atoms with Crippen molar-refractivity contribution in [2.24, 2.45) is 5.73 Å². The van der Waals surface area contributed by atoms with Crippen molar-refractivity contribution in [2.45, 2.75) is 6.54 Å². The average molecular weight is 304 g/mol. The molecule has 0 atom stereocenters. The molecule has 2 aromatic rings. The molecule has 2 rings (SSSR count). The van der Waals surface area contributed by atoms with Crippen LogP contribution in [0.3, 0.4) is 0 Å². The number of rotatable bonds is 6. The highest BCUT2D eigenvalue weighted by molar-refractivity contribution is 7.80. The quantitative estimate of drug-likeness (QED) is 0.780. The van der Waals surface area contributed by atoms with Gasteiger partial charge >= 0.3 is 0 Å². The van der Waals surface area contributed by atoms with Crippen molar-refractivity contribution in [2.75, 3.05) is 13.7 Å². The van der Waals surface area contributed by atoms with Gasteiger partial charge < -0.3 is 15.4 Å². The number of hydrogen-bond donors (Lipinski definition) is 2. The lowest BCUT2D eigenvalue weighted by molar-refractivity contribution is -0.132. The molecule has 1 amide bonds. The highest BCUT2D eigenvalue weighted by Gasteiger charge is 2.12. The predicted octanol–water partition coefficient (Wildman–Crippen LogP) is 1.08. The lowest BCUT2D eigenvalue weighted by atomic mass is 10.2. The summed E-state index contributed by atoms with van der Waals surface area (Å²) < 4.78 is 5.52. The Morgan fingerprint density at radius 3 is 2.90 bits per heavy atom. The number of likely N-dealkylation sites (N-methyl/N-ethyl adjacent to an activating group) is 1. The number of carbonyl (C=O) groups is 1. The number of aromatic nitrogens is 2. The molecule has 0 radical (unpaired) electrons. The van der Waals surface area contributed by atoms with Gasteiger partial charge in [-0.3, -0.25) is 9.89 Å². The summed E-state index contributed by atoms with van der Waals surface area (Å²) in [5.74, 6) is 0.365. The third kappa shape index (κ3) is 4.03. The van der Waals surface area contributed by atoms with Crippen LogP contribution in [-0.4, -0.2) is 39.6 Å². The Morgan fingerprint density at radius 1 is 1.48 bits per heavy atom. The Balaban J connectivity index is 1.93. The molecule has 21 heavy (non-hydrogen) atoms. The monoisotopic (exact) mass is 304 g/mol. The molecule has 0 aliphatic rings. The number of amides is 1. The molecule has 0 bridgehead atoms.